The second-order valence-corrected chi connectivity index (χ2v) is 6.87. The first-order valence-electron chi connectivity index (χ1n) is 9.43. The molecule has 0 N–H and O–H groups in total. The number of amides is 3. The van der Waals surface area contributed by atoms with Crippen LogP contribution >= 0.6 is 0 Å². The van der Waals surface area contributed by atoms with Gasteiger partial charge in [0.1, 0.15) is 6.54 Å². The second kappa shape index (κ2) is 8.33. The van der Waals surface area contributed by atoms with Gasteiger partial charge in [0.05, 0.1) is 11.1 Å². The molecule has 3 amide bonds. The van der Waals surface area contributed by atoms with Crippen LogP contribution in [0.1, 0.15) is 59.7 Å². The van der Waals surface area contributed by atoms with Gasteiger partial charge in [-0.05, 0) is 31.9 Å². The van der Waals surface area contributed by atoms with Crippen LogP contribution in [0.3, 0.4) is 0 Å². The number of hydrogen-bond acceptors (Lipinski definition) is 5. The van der Waals surface area contributed by atoms with E-state index in [0.29, 0.717) is 6.54 Å². The molecule has 0 saturated heterocycles. The van der Waals surface area contributed by atoms with E-state index >= 15 is 0 Å². The number of fused-ring (bicyclic) bond motifs is 1. The highest BCUT2D eigenvalue weighted by atomic mass is 16.5. The number of esters is 1. The third-order valence-corrected chi connectivity index (χ3v) is 5.20. The molecule has 1 heterocycles. The van der Waals surface area contributed by atoms with Gasteiger partial charge >= 0.3 is 5.97 Å². The smallest absolute Gasteiger partial charge is 0.326 e. The van der Waals surface area contributed by atoms with Gasteiger partial charge in [-0.2, -0.15) is 0 Å². The molecule has 0 bridgehead atoms. The number of hydrogen-bond donors (Lipinski definition) is 0. The van der Waals surface area contributed by atoms with Crippen LogP contribution in [0.5, 0.6) is 0 Å². The van der Waals surface area contributed by atoms with E-state index in [9.17, 15) is 19.2 Å². The summed E-state index contributed by atoms with van der Waals surface area (Å²) in [7, 11) is 0. The Balaban J connectivity index is 1.53. The van der Waals surface area contributed by atoms with E-state index in [4.69, 9.17) is 4.74 Å². The maximum Gasteiger partial charge on any atom is 0.326 e. The first kappa shape index (κ1) is 19.1. The van der Waals surface area contributed by atoms with Crippen molar-refractivity contribution in [3.63, 3.8) is 0 Å². The van der Waals surface area contributed by atoms with Gasteiger partial charge in [0.25, 0.3) is 17.7 Å². The number of rotatable bonds is 6. The molecular formula is C20H24N2O5. The van der Waals surface area contributed by atoms with Gasteiger partial charge in [-0.25, -0.2) is 0 Å². The molecule has 1 fully saturated rings. The fourth-order valence-electron chi connectivity index (χ4n) is 3.81. The summed E-state index contributed by atoms with van der Waals surface area (Å²) in [5.74, 6) is -2.04. The van der Waals surface area contributed by atoms with Gasteiger partial charge in [0.2, 0.25) is 0 Å². The van der Waals surface area contributed by atoms with Crippen molar-refractivity contribution in [2.75, 3.05) is 19.7 Å². The lowest BCUT2D eigenvalue weighted by Crippen LogP contribution is -2.44. The molecule has 3 rings (SSSR count). The number of benzene rings is 1. The van der Waals surface area contributed by atoms with Crippen molar-refractivity contribution in [1.82, 2.24) is 9.80 Å². The summed E-state index contributed by atoms with van der Waals surface area (Å²) in [4.78, 5) is 51.7. The van der Waals surface area contributed by atoms with Crippen molar-refractivity contribution in [3.8, 4) is 0 Å². The van der Waals surface area contributed by atoms with E-state index in [1.807, 2.05) is 6.92 Å². The van der Waals surface area contributed by atoms with Gasteiger partial charge in [0, 0.05) is 12.6 Å². The van der Waals surface area contributed by atoms with Crippen LogP contribution in [0.25, 0.3) is 0 Å². The first-order valence-corrected chi connectivity index (χ1v) is 9.43. The summed E-state index contributed by atoms with van der Waals surface area (Å²) in [6, 6.07) is 6.62. The largest absolute Gasteiger partial charge is 0.454 e. The van der Waals surface area contributed by atoms with Gasteiger partial charge in [0.15, 0.2) is 6.61 Å². The molecule has 2 aliphatic rings. The molecule has 7 nitrogen and oxygen atoms in total. The van der Waals surface area contributed by atoms with Crippen molar-refractivity contribution in [2.45, 2.75) is 45.1 Å². The average molecular weight is 372 g/mol. The maximum absolute atomic E-state index is 12.4. The maximum atomic E-state index is 12.4. The van der Waals surface area contributed by atoms with E-state index in [1.165, 1.54) is 6.42 Å². The van der Waals surface area contributed by atoms with E-state index in [2.05, 4.69) is 0 Å². The summed E-state index contributed by atoms with van der Waals surface area (Å²) in [5, 5.41) is 0. The number of ether oxygens (including phenoxy) is 1. The molecule has 27 heavy (non-hydrogen) atoms. The number of likely N-dealkylation sites (N-methyl/N-ethyl adjacent to an activating group) is 1. The van der Waals surface area contributed by atoms with Crippen LogP contribution in [0.2, 0.25) is 0 Å². The van der Waals surface area contributed by atoms with Gasteiger partial charge < -0.3 is 9.64 Å². The van der Waals surface area contributed by atoms with Gasteiger partial charge in [-0.15, -0.1) is 0 Å². The lowest BCUT2D eigenvalue weighted by molar-refractivity contribution is -0.153. The zero-order valence-electron chi connectivity index (χ0n) is 15.5. The minimum absolute atomic E-state index is 0.200. The molecule has 0 unspecified atom stereocenters. The lowest BCUT2D eigenvalue weighted by atomic mass is 9.94. The van der Waals surface area contributed by atoms with Crippen LogP contribution in [0.4, 0.5) is 0 Å². The van der Waals surface area contributed by atoms with Crippen molar-refractivity contribution in [2.24, 2.45) is 0 Å². The Morgan fingerprint density at radius 2 is 1.67 bits per heavy atom. The summed E-state index contributed by atoms with van der Waals surface area (Å²) < 4.78 is 5.06. The van der Waals surface area contributed by atoms with Crippen LogP contribution < -0.4 is 0 Å². The zero-order valence-corrected chi connectivity index (χ0v) is 15.5. The van der Waals surface area contributed by atoms with Crippen LogP contribution in [0, 0.1) is 0 Å². The van der Waals surface area contributed by atoms with E-state index < -0.39 is 24.3 Å². The predicted octanol–water partition coefficient (Wildman–Crippen LogP) is 2.01. The van der Waals surface area contributed by atoms with Gasteiger partial charge in [-0.3, -0.25) is 24.1 Å². The Labute approximate surface area is 158 Å². The summed E-state index contributed by atoms with van der Waals surface area (Å²) in [6.45, 7) is 1.62. The predicted molar refractivity (Wildman–Crippen MR) is 97.0 cm³/mol. The molecule has 0 atom stereocenters. The molecule has 1 aliphatic carbocycles. The molecule has 0 aromatic heterocycles. The lowest BCUT2D eigenvalue weighted by Gasteiger charge is -2.33. The zero-order chi connectivity index (χ0) is 19.4. The molecule has 7 heteroatoms. The van der Waals surface area contributed by atoms with Crippen LogP contribution in [-0.2, 0) is 14.3 Å². The Hall–Kier alpha value is -2.70. The summed E-state index contributed by atoms with van der Waals surface area (Å²) in [6.07, 6.45) is 5.35. The molecule has 1 aromatic carbocycles. The van der Waals surface area contributed by atoms with E-state index in [-0.39, 0.29) is 29.7 Å². The highest BCUT2D eigenvalue weighted by Gasteiger charge is 2.36. The highest BCUT2D eigenvalue weighted by Crippen LogP contribution is 2.23. The Kier molecular flexibility index (Phi) is 5.88. The van der Waals surface area contributed by atoms with E-state index in [0.717, 1.165) is 30.6 Å². The molecular weight excluding hydrogens is 348 g/mol. The van der Waals surface area contributed by atoms with Gasteiger partial charge in [-0.1, -0.05) is 31.4 Å². The minimum Gasteiger partial charge on any atom is -0.454 e. The Bertz CT molecular complexity index is 719. The fourth-order valence-corrected chi connectivity index (χ4v) is 3.81. The number of carbonyl (C=O) groups is 4. The van der Waals surface area contributed by atoms with Crippen molar-refractivity contribution in [1.29, 1.82) is 0 Å². The monoisotopic (exact) mass is 372 g/mol. The highest BCUT2D eigenvalue weighted by molar-refractivity contribution is 6.22. The van der Waals surface area contributed by atoms with Crippen molar-refractivity contribution in [3.05, 3.63) is 35.4 Å². The molecule has 1 aliphatic heterocycles. The molecule has 144 valence electrons. The Morgan fingerprint density at radius 1 is 1.07 bits per heavy atom. The van der Waals surface area contributed by atoms with Crippen molar-refractivity contribution < 1.29 is 23.9 Å². The Morgan fingerprint density at radius 3 is 2.22 bits per heavy atom. The fraction of sp³-hybridized carbons (Fsp3) is 0.500. The average Bonchev–Trinajstić information content (AvgIpc) is 2.93. The third-order valence-electron chi connectivity index (χ3n) is 5.20. The topological polar surface area (TPSA) is 84.0 Å². The third kappa shape index (κ3) is 4.02. The molecule has 1 aromatic rings. The number of nitrogens with zero attached hydrogens (tertiary/aromatic N) is 2. The summed E-state index contributed by atoms with van der Waals surface area (Å²) >= 11 is 0. The van der Waals surface area contributed by atoms with Crippen LogP contribution in [-0.4, -0.2) is 59.2 Å². The normalized spacial score (nSPS) is 17.0. The number of carbonyl (C=O) groups excluding carboxylic acids is 4. The second-order valence-electron chi connectivity index (χ2n) is 6.87. The number of imide groups is 1. The molecule has 0 radical (unpaired) electrons. The van der Waals surface area contributed by atoms with Crippen LogP contribution in [0.15, 0.2) is 24.3 Å². The first-order chi connectivity index (χ1) is 13.0. The minimum atomic E-state index is -0.766. The van der Waals surface area contributed by atoms with Crippen molar-refractivity contribution >= 4 is 23.7 Å². The molecule has 0 spiro atoms. The molecule has 1 saturated carbocycles. The van der Waals surface area contributed by atoms with E-state index in [1.54, 1.807) is 29.2 Å². The summed E-state index contributed by atoms with van der Waals surface area (Å²) in [5.41, 5.74) is 0.557. The SMILES string of the molecule is CCN(C(=O)COC(=O)CN1C(=O)c2ccccc2C1=O)C1CCCCC1. The quantitative estimate of drug-likeness (QED) is 0.563. The standard InChI is InChI=1S/C20H24N2O5/c1-2-21(14-8-4-3-5-9-14)17(23)13-27-18(24)12-22-19(25)15-10-6-7-11-16(15)20(22)26/h6-7,10-11,14H,2-5,8-9,12-13H2,1H3.